The summed E-state index contributed by atoms with van der Waals surface area (Å²) in [6, 6.07) is 6.56. The third-order valence-electron chi connectivity index (χ3n) is 7.51. The number of ether oxygens (including phenoxy) is 1. The second-order valence-electron chi connectivity index (χ2n) is 11.6. The van der Waals surface area contributed by atoms with E-state index in [-0.39, 0.29) is 35.1 Å². The smallest absolute Gasteiger partial charge is 0.255 e. The van der Waals surface area contributed by atoms with Crippen molar-refractivity contribution in [1.29, 1.82) is 0 Å². The summed E-state index contributed by atoms with van der Waals surface area (Å²) in [5.74, 6) is -0.186. The van der Waals surface area contributed by atoms with Crippen LogP contribution in [0.2, 0.25) is 10.0 Å². The van der Waals surface area contributed by atoms with E-state index < -0.39 is 5.41 Å². The van der Waals surface area contributed by atoms with E-state index in [2.05, 4.69) is 20.9 Å². The van der Waals surface area contributed by atoms with Crippen molar-refractivity contribution in [2.24, 2.45) is 17.9 Å². The molecule has 11 heteroatoms. The Bertz CT molecular complexity index is 1420. The van der Waals surface area contributed by atoms with Crippen molar-refractivity contribution in [2.75, 3.05) is 25.6 Å². The van der Waals surface area contributed by atoms with Crippen LogP contribution in [0.5, 0.6) is 5.75 Å². The van der Waals surface area contributed by atoms with Gasteiger partial charge in [0.05, 0.1) is 38.9 Å². The fourth-order valence-corrected chi connectivity index (χ4v) is 5.62. The van der Waals surface area contributed by atoms with Crippen LogP contribution in [0.3, 0.4) is 0 Å². The highest BCUT2D eigenvalue weighted by Crippen LogP contribution is 2.39. The van der Waals surface area contributed by atoms with Crippen LogP contribution in [-0.2, 0) is 23.1 Å². The zero-order valence-electron chi connectivity index (χ0n) is 23.6. The summed E-state index contributed by atoms with van der Waals surface area (Å²) < 4.78 is 7.16. The van der Waals surface area contributed by atoms with E-state index in [0.29, 0.717) is 51.4 Å². The summed E-state index contributed by atoms with van der Waals surface area (Å²) in [6.07, 6.45) is 4.22. The van der Waals surface area contributed by atoms with Gasteiger partial charge in [-0.05, 0) is 30.5 Å². The summed E-state index contributed by atoms with van der Waals surface area (Å²) in [4.78, 5) is 30.0. The molecule has 0 radical (unpaired) electrons. The summed E-state index contributed by atoms with van der Waals surface area (Å²) >= 11 is 13.2. The molecular weight excluding hydrogens is 553 g/mol. The van der Waals surface area contributed by atoms with Crippen molar-refractivity contribution < 1.29 is 19.4 Å². The van der Waals surface area contributed by atoms with E-state index in [9.17, 15) is 14.7 Å². The predicted octanol–water partition coefficient (Wildman–Crippen LogP) is 5.93. The molecule has 1 aliphatic rings. The van der Waals surface area contributed by atoms with Gasteiger partial charge in [0.1, 0.15) is 5.75 Å². The maximum absolute atomic E-state index is 13.1. The first-order valence-electron chi connectivity index (χ1n) is 13.3. The summed E-state index contributed by atoms with van der Waals surface area (Å²) in [7, 11) is 3.45. The molecule has 2 amide bonds. The molecule has 0 spiro atoms. The normalized spacial score (nSPS) is 14.9. The van der Waals surface area contributed by atoms with Crippen LogP contribution in [0.1, 0.15) is 62.4 Å². The van der Waals surface area contributed by atoms with Crippen molar-refractivity contribution in [3.8, 4) is 5.75 Å². The first-order chi connectivity index (χ1) is 18.8. The van der Waals surface area contributed by atoms with Crippen LogP contribution in [-0.4, -0.2) is 46.7 Å². The van der Waals surface area contributed by atoms with E-state index in [1.165, 1.54) is 6.07 Å². The minimum atomic E-state index is -0.532. The first kappa shape index (κ1) is 30.0. The molecule has 1 heterocycles. The molecule has 3 aromatic rings. The number of imidazole rings is 1. The van der Waals surface area contributed by atoms with Gasteiger partial charge in [-0.1, -0.05) is 62.9 Å². The van der Waals surface area contributed by atoms with Gasteiger partial charge in [-0.3, -0.25) is 9.59 Å². The van der Waals surface area contributed by atoms with Crippen LogP contribution in [0.25, 0.3) is 11.0 Å². The van der Waals surface area contributed by atoms with E-state index >= 15 is 0 Å². The molecule has 0 saturated heterocycles. The van der Waals surface area contributed by atoms with Crippen LogP contribution < -0.4 is 16.0 Å². The number of phenols is 1. The van der Waals surface area contributed by atoms with E-state index in [4.69, 9.17) is 27.9 Å². The van der Waals surface area contributed by atoms with Gasteiger partial charge in [-0.2, -0.15) is 0 Å². The average Bonchev–Trinajstić information content (AvgIpc) is 3.48. The molecule has 2 aromatic carbocycles. The minimum absolute atomic E-state index is 0.0746. The Balaban J connectivity index is 1.56. The van der Waals surface area contributed by atoms with Crippen molar-refractivity contribution >= 4 is 57.7 Å². The lowest BCUT2D eigenvalue weighted by atomic mass is 9.87. The number of fused-ring (bicyclic) bond motifs is 1. The first-order valence-corrected chi connectivity index (χ1v) is 14.1. The topological polar surface area (TPSA) is 118 Å². The third-order valence-corrected chi connectivity index (χ3v) is 8.26. The maximum atomic E-state index is 13.1. The number of methoxy groups -OCH3 is 1. The number of nitrogens with one attached hydrogen (secondary N) is 3. The monoisotopic (exact) mass is 589 g/mol. The quantitative estimate of drug-likeness (QED) is 0.246. The Kier molecular flexibility index (Phi) is 8.87. The zero-order valence-corrected chi connectivity index (χ0v) is 25.1. The van der Waals surface area contributed by atoms with Crippen molar-refractivity contribution in [3.63, 3.8) is 0 Å². The number of carbonyl (C=O) groups excluding carboxylic acids is 2. The number of phenolic OH excluding ortho intramolecular Hbond substituents is 1. The molecule has 9 nitrogen and oxygen atoms in total. The predicted molar refractivity (Wildman–Crippen MR) is 159 cm³/mol. The molecule has 40 heavy (non-hydrogen) atoms. The number of benzene rings is 2. The fraction of sp³-hybridized carbons (Fsp3) is 0.483. The number of halogens is 2. The van der Waals surface area contributed by atoms with Gasteiger partial charge in [0.2, 0.25) is 11.9 Å². The fourth-order valence-electron chi connectivity index (χ4n) is 5.09. The van der Waals surface area contributed by atoms with E-state index in [0.717, 1.165) is 25.7 Å². The molecule has 1 saturated carbocycles. The third kappa shape index (κ3) is 6.32. The molecular formula is C29H37Cl2N5O4. The molecule has 0 bridgehead atoms. The minimum Gasteiger partial charge on any atom is -0.507 e. The van der Waals surface area contributed by atoms with Crippen LogP contribution in [0.4, 0.5) is 11.6 Å². The lowest BCUT2D eigenvalue weighted by Gasteiger charge is -2.28. The molecule has 0 atom stereocenters. The number of amides is 2. The summed E-state index contributed by atoms with van der Waals surface area (Å²) in [6.45, 7) is 6.82. The highest BCUT2D eigenvalue weighted by atomic mass is 35.5. The van der Waals surface area contributed by atoms with Gasteiger partial charge in [-0.15, -0.1) is 0 Å². The largest absolute Gasteiger partial charge is 0.507 e. The van der Waals surface area contributed by atoms with E-state index in [1.807, 2.05) is 20.8 Å². The second kappa shape index (κ2) is 11.8. The number of hydrogen-bond acceptors (Lipinski definition) is 6. The lowest BCUT2D eigenvalue weighted by Crippen LogP contribution is -2.38. The molecule has 4 N–H and O–H groups in total. The van der Waals surface area contributed by atoms with Crippen molar-refractivity contribution in [3.05, 3.63) is 45.4 Å². The number of anilines is 2. The van der Waals surface area contributed by atoms with Crippen molar-refractivity contribution in [2.45, 2.75) is 53.0 Å². The number of nitrogens with zero attached hydrogens (tertiary/aromatic N) is 2. The van der Waals surface area contributed by atoms with Gasteiger partial charge in [0.15, 0.2) is 0 Å². The van der Waals surface area contributed by atoms with Crippen LogP contribution in [0, 0.1) is 10.8 Å². The lowest BCUT2D eigenvalue weighted by molar-refractivity contribution is -0.128. The highest BCUT2D eigenvalue weighted by molar-refractivity contribution is 6.39. The number of rotatable bonds is 9. The summed E-state index contributed by atoms with van der Waals surface area (Å²) in [5, 5.41) is 20.5. The van der Waals surface area contributed by atoms with Gasteiger partial charge in [0.25, 0.3) is 5.91 Å². The Labute approximate surface area is 244 Å². The van der Waals surface area contributed by atoms with Crippen LogP contribution >= 0.6 is 23.2 Å². The van der Waals surface area contributed by atoms with Gasteiger partial charge in [-0.25, -0.2) is 4.98 Å². The molecule has 216 valence electrons. The van der Waals surface area contributed by atoms with E-state index in [1.54, 1.807) is 36.9 Å². The van der Waals surface area contributed by atoms with Crippen molar-refractivity contribution in [1.82, 2.24) is 20.2 Å². The number of aromatic hydroxyl groups is 1. The SMILES string of the molecule is COCC1(CNC(=O)c2cc3nc(Nc4c(Cl)ccc(CNC(=O)C(C)(C)C)c4Cl)n(C)c3cc2O)CCCC1. The Morgan fingerprint density at radius 3 is 2.50 bits per heavy atom. The number of aryl methyl sites for hydroxylation is 1. The second-order valence-corrected chi connectivity index (χ2v) is 12.4. The molecule has 1 aliphatic carbocycles. The molecule has 4 rings (SSSR count). The Hall–Kier alpha value is -3.01. The Morgan fingerprint density at radius 1 is 1.15 bits per heavy atom. The molecule has 0 unspecified atom stereocenters. The van der Waals surface area contributed by atoms with Crippen LogP contribution in [0.15, 0.2) is 24.3 Å². The van der Waals surface area contributed by atoms with Gasteiger partial charge < -0.3 is 30.4 Å². The number of aromatic nitrogens is 2. The zero-order chi connectivity index (χ0) is 29.2. The Morgan fingerprint density at radius 2 is 1.85 bits per heavy atom. The highest BCUT2D eigenvalue weighted by Gasteiger charge is 2.34. The molecule has 1 aromatic heterocycles. The molecule has 1 fully saturated rings. The van der Waals surface area contributed by atoms with Gasteiger partial charge >= 0.3 is 0 Å². The molecule has 0 aliphatic heterocycles. The standard InChI is InChI=1S/C29H37Cl2N5O4/c1-28(2,3)26(39)32-14-17-8-9-19(30)24(23(17)31)35-27-34-20-12-18(22(37)13-21(20)36(27)4)25(38)33-15-29(16-40-5)10-6-7-11-29/h8-9,12-13,37H,6-7,10-11,14-16H2,1-5H3,(H,32,39)(H,33,38)(H,34,35). The van der Waals surface area contributed by atoms with Gasteiger partial charge in [0, 0.05) is 44.1 Å². The maximum Gasteiger partial charge on any atom is 0.255 e. The number of hydrogen-bond donors (Lipinski definition) is 4. The summed E-state index contributed by atoms with van der Waals surface area (Å²) in [5.41, 5.74) is 1.80. The number of carbonyl (C=O) groups is 2. The average molecular weight is 591 g/mol.